The number of fused-ring (bicyclic) bond motifs is 1. The average molecular weight is 294 g/mol. The molecule has 5 heteroatoms. The van der Waals surface area contributed by atoms with Crippen LogP contribution in [0.2, 0.25) is 0 Å². The van der Waals surface area contributed by atoms with E-state index >= 15 is 0 Å². The van der Waals surface area contributed by atoms with Crippen LogP contribution in [-0.4, -0.2) is 41.1 Å². The summed E-state index contributed by atoms with van der Waals surface area (Å²) in [4.78, 5) is 25.8. The van der Waals surface area contributed by atoms with Crippen LogP contribution >= 0.6 is 0 Å². The van der Waals surface area contributed by atoms with Gasteiger partial charge in [0, 0.05) is 19.1 Å². The number of aliphatic carboxylic acids is 1. The van der Waals surface area contributed by atoms with Gasteiger partial charge in [0.1, 0.15) is 0 Å². The molecule has 2 N–H and O–H groups in total. The first-order chi connectivity index (χ1) is 10.0. The number of carbonyl (C=O) groups excluding carboxylic acids is 1. The third-order valence-electron chi connectivity index (χ3n) is 6.04. The van der Waals surface area contributed by atoms with Crippen molar-refractivity contribution in [1.29, 1.82) is 0 Å². The van der Waals surface area contributed by atoms with Crippen molar-refractivity contribution in [3.05, 3.63) is 0 Å². The lowest BCUT2D eigenvalue weighted by molar-refractivity contribution is -0.149. The van der Waals surface area contributed by atoms with Gasteiger partial charge in [-0.1, -0.05) is 19.3 Å². The Hall–Kier alpha value is -1.26. The quantitative estimate of drug-likeness (QED) is 0.840. The molecule has 2 amide bonds. The van der Waals surface area contributed by atoms with Crippen molar-refractivity contribution in [2.24, 2.45) is 17.3 Å². The Morgan fingerprint density at radius 3 is 2.57 bits per heavy atom. The Balaban J connectivity index is 1.60. The molecular formula is C16H26N2O3. The van der Waals surface area contributed by atoms with Crippen LogP contribution in [0.1, 0.15) is 51.9 Å². The maximum absolute atomic E-state index is 12.4. The minimum atomic E-state index is -0.718. The lowest BCUT2D eigenvalue weighted by Gasteiger charge is -2.26. The molecule has 0 spiro atoms. The summed E-state index contributed by atoms with van der Waals surface area (Å²) in [5.74, 6) is 0.0103. The lowest BCUT2D eigenvalue weighted by Crippen LogP contribution is -2.46. The van der Waals surface area contributed by atoms with E-state index in [2.05, 4.69) is 12.2 Å². The molecular weight excluding hydrogens is 268 g/mol. The fourth-order valence-electron chi connectivity index (χ4n) is 4.65. The molecule has 0 bridgehead atoms. The molecule has 1 saturated heterocycles. The molecule has 1 aliphatic heterocycles. The van der Waals surface area contributed by atoms with E-state index in [1.54, 1.807) is 4.90 Å². The third kappa shape index (κ3) is 2.51. The summed E-state index contributed by atoms with van der Waals surface area (Å²) in [5, 5.41) is 12.7. The molecule has 1 heterocycles. The van der Waals surface area contributed by atoms with E-state index in [4.69, 9.17) is 0 Å². The van der Waals surface area contributed by atoms with E-state index < -0.39 is 11.4 Å². The number of nitrogens with one attached hydrogen (secondary N) is 1. The molecule has 5 nitrogen and oxygen atoms in total. The minimum absolute atomic E-state index is 0.0653. The molecule has 2 aliphatic carbocycles. The topological polar surface area (TPSA) is 69.6 Å². The highest BCUT2D eigenvalue weighted by molar-refractivity contribution is 5.80. The van der Waals surface area contributed by atoms with Crippen molar-refractivity contribution < 1.29 is 14.7 Å². The van der Waals surface area contributed by atoms with Crippen LogP contribution in [0.4, 0.5) is 4.79 Å². The molecule has 0 radical (unpaired) electrons. The summed E-state index contributed by atoms with van der Waals surface area (Å²) in [7, 11) is 0. The van der Waals surface area contributed by atoms with Gasteiger partial charge in [0.15, 0.2) is 0 Å². The predicted molar refractivity (Wildman–Crippen MR) is 78.9 cm³/mol. The van der Waals surface area contributed by atoms with Gasteiger partial charge >= 0.3 is 12.0 Å². The third-order valence-corrected chi connectivity index (χ3v) is 6.04. The summed E-state index contributed by atoms with van der Waals surface area (Å²) in [6.45, 7) is 3.07. The van der Waals surface area contributed by atoms with E-state index in [-0.39, 0.29) is 18.0 Å². The van der Waals surface area contributed by atoms with E-state index in [0.717, 1.165) is 19.3 Å². The molecule has 0 unspecified atom stereocenters. The standard InChI is InChI=1S/C16H26N2O3/c1-11(12-5-2-3-6-12)17-15(21)18-9-13-7-4-8-16(13,10-18)14(19)20/h11-13H,2-10H2,1H3,(H,17,21)(H,19,20)/t11-,13-,16+/m0/s1. The van der Waals surface area contributed by atoms with E-state index in [0.29, 0.717) is 19.0 Å². The van der Waals surface area contributed by atoms with Crippen molar-refractivity contribution in [1.82, 2.24) is 10.2 Å². The zero-order chi connectivity index (χ0) is 15.0. The highest BCUT2D eigenvalue weighted by Gasteiger charge is 2.55. The van der Waals surface area contributed by atoms with E-state index in [1.165, 1.54) is 25.7 Å². The van der Waals surface area contributed by atoms with E-state index in [1.807, 2.05) is 0 Å². The summed E-state index contributed by atoms with van der Waals surface area (Å²) in [6, 6.07) is 0.130. The number of carbonyl (C=O) groups is 2. The fourth-order valence-corrected chi connectivity index (χ4v) is 4.65. The van der Waals surface area contributed by atoms with Gasteiger partial charge in [-0.05, 0) is 44.4 Å². The molecule has 3 rings (SSSR count). The first kappa shape index (κ1) is 14.7. The number of hydrogen-bond acceptors (Lipinski definition) is 2. The largest absolute Gasteiger partial charge is 0.481 e. The summed E-state index contributed by atoms with van der Waals surface area (Å²) < 4.78 is 0. The van der Waals surface area contributed by atoms with Crippen LogP contribution in [0.3, 0.4) is 0 Å². The molecule has 118 valence electrons. The van der Waals surface area contributed by atoms with Gasteiger partial charge in [0.25, 0.3) is 0 Å². The zero-order valence-electron chi connectivity index (χ0n) is 12.8. The van der Waals surface area contributed by atoms with Crippen molar-refractivity contribution in [3.8, 4) is 0 Å². The van der Waals surface area contributed by atoms with Crippen molar-refractivity contribution in [2.75, 3.05) is 13.1 Å². The van der Waals surface area contributed by atoms with Gasteiger partial charge in [0.05, 0.1) is 5.41 Å². The smallest absolute Gasteiger partial charge is 0.317 e. The van der Waals surface area contributed by atoms with Crippen molar-refractivity contribution >= 4 is 12.0 Å². The van der Waals surface area contributed by atoms with Crippen LogP contribution in [0.25, 0.3) is 0 Å². The predicted octanol–water partition coefficient (Wildman–Crippen LogP) is 2.46. The molecule has 3 atom stereocenters. The summed E-state index contributed by atoms with van der Waals surface area (Å²) in [6.07, 6.45) is 7.55. The second-order valence-electron chi connectivity index (χ2n) is 7.21. The summed E-state index contributed by atoms with van der Waals surface area (Å²) in [5.41, 5.74) is -0.673. The Morgan fingerprint density at radius 2 is 1.95 bits per heavy atom. The van der Waals surface area contributed by atoms with Gasteiger partial charge < -0.3 is 15.3 Å². The molecule has 0 aromatic heterocycles. The maximum Gasteiger partial charge on any atom is 0.317 e. The normalized spacial score (nSPS) is 34.0. The Kier molecular flexibility index (Phi) is 3.84. The summed E-state index contributed by atoms with van der Waals surface area (Å²) >= 11 is 0. The SMILES string of the molecule is C[C@H](NC(=O)N1C[C@@H]2CCC[C@@]2(C(=O)O)C1)C1CCCC1. The second-order valence-corrected chi connectivity index (χ2v) is 7.21. The van der Waals surface area contributed by atoms with Crippen LogP contribution in [-0.2, 0) is 4.79 Å². The first-order valence-electron chi connectivity index (χ1n) is 8.32. The van der Waals surface area contributed by atoms with Gasteiger partial charge in [-0.15, -0.1) is 0 Å². The molecule has 3 fully saturated rings. The Labute approximate surface area is 126 Å². The average Bonchev–Trinajstić information content (AvgIpc) is 3.13. The Morgan fingerprint density at radius 1 is 1.24 bits per heavy atom. The monoisotopic (exact) mass is 294 g/mol. The van der Waals surface area contributed by atoms with Crippen LogP contribution in [0.15, 0.2) is 0 Å². The number of carboxylic acids is 1. The number of nitrogens with zero attached hydrogens (tertiary/aromatic N) is 1. The van der Waals surface area contributed by atoms with Gasteiger partial charge in [-0.25, -0.2) is 4.79 Å². The van der Waals surface area contributed by atoms with Crippen molar-refractivity contribution in [3.63, 3.8) is 0 Å². The van der Waals surface area contributed by atoms with Crippen LogP contribution in [0, 0.1) is 17.3 Å². The highest BCUT2D eigenvalue weighted by Crippen LogP contribution is 2.48. The second kappa shape index (κ2) is 5.50. The number of amides is 2. The fraction of sp³-hybridized carbons (Fsp3) is 0.875. The van der Waals surface area contributed by atoms with Gasteiger partial charge in [-0.2, -0.15) is 0 Å². The zero-order valence-corrected chi connectivity index (χ0v) is 12.8. The van der Waals surface area contributed by atoms with Gasteiger partial charge in [-0.3, -0.25) is 4.79 Å². The van der Waals surface area contributed by atoms with Gasteiger partial charge in [0.2, 0.25) is 0 Å². The molecule has 0 aromatic rings. The van der Waals surface area contributed by atoms with Crippen LogP contribution < -0.4 is 5.32 Å². The lowest BCUT2D eigenvalue weighted by atomic mass is 9.81. The highest BCUT2D eigenvalue weighted by atomic mass is 16.4. The minimum Gasteiger partial charge on any atom is -0.481 e. The molecule has 2 saturated carbocycles. The number of likely N-dealkylation sites (tertiary alicyclic amines) is 1. The van der Waals surface area contributed by atoms with Crippen molar-refractivity contribution in [2.45, 2.75) is 57.9 Å². The molecule has 0 aromatic carbocycles. The number of carboxylic acid groups (broad SMARTS) is 1. The first-order valence-corrected chi connectivity index (χ1v) is 8.32. The molecule has 3 aliphatic rings. The van der Waals surface area contributed by atoms with E-state index in [9.17, 15) is 14.7 Å². The van der Waals surface area contributed by atoms with Crippen LogP contribution in [0.5, 0.6) is 0 Å². The number of urea groups is 1. The molecule has 21 heavy (non-hydrogen) atoms. The Bertz CT molecular complexity index is 433. The maximum atomic E-state index is 12.4. The number of rotatable bonds is 3. The number of hydrogen-bond donors (Lipinski definition) is 2.